The SMILES string of the molecule is CC(=O)c1cc(CN2CC[C@@H](Oc3cccc4c3OCCO4)[C@H](O)C2)cs1. The molecule has 2 aliphatic rings. The summed E-state index contributed by atoms with van der Waals surface area (Å²) in [5, 5.41) is 12.6. The van der Waals surface area contributed by atoms with E-state index >= 15 is 0 Å². The lowest BCUT2D eigenvalue weighted by molar-refractivity contribution is -0.0290. The Bertz CT molecular complexity index is 820. The van der Waals surface area contributed by atoms with E-state index < -0.39 is 6.10 Å². The largest absolute Gasteiger partial charge is 0.486 e. The maximum absolute atomic E-state index is 11.4. The van der Waals surface area contributed by atoms with Gasteiger partial charge in [-0.3, -0.25) is 9.69 Å². The van der Waals surface area contributed by atoms with E-state index in [-0.39, 0.29) is 11.9 Å². The first-order valence-electron chi connectivity index (χ1n) is 9.14. The molecule has 0 bridgehead atoms. The molecule has 2 atom stereocenters. The Hall–Kier alpha value is -2.09. The van der Waals surface area contributed by atoms with Crippen molar-refractivity contribution in [3.63, 3.8) is 0 Å². The van der Waals surface area contributed by atoms with Gasteiger partial charge in [0.25, 0.3) is 0 Å². The number of thiophene rings is 1. The zero-order chi connectivity index (χ0) is 18.8. The Kier molecular flexibility index (Phi) is 5.33. The highest BCUT2D eigenvalue weighted by molar-refractivity contribution is 7.12. The molecule has 1 aromatic carbocycles. The van der Waals surface area contributed by atoms with Crippen molar-refractivity contribution in [3.8, 4) is 17.2 Å². The van der Waals surface area contributed by atoms with Gasteiger partial charge in [0.15, 0.2) is 17.3 Å². The van der Waals surface area contributed by atoms with Crippen molar-refractivity contribution in [2.45, 2.75) is 32.1 Å². The number of aliphatic hydroxyl groups is 1. The normalized spacial score (nSPS) is 22.4. The van der Waals surface area contributed by atoms with Crippen molar-refractivity contribution in [2.75, 3.05) is 26.3 Å². The van der Waals surface area contributed by atoms with Crippen LogP contribution in [0.4, 0.5) is 0 Å². The monoisotopic (exact) mass is 389 g/mol. The van der Waals surface area contributed by atoms with Crippen LogP contribution in [0.5, 0.6) is 17.2 Å². The quantitative estimate of drug-likeness (QED) is 0.793. The fraction of sp³-hybridized carbons (Fsp3) is 0.450. The van der Waals surface area contributed by atoms with Crippen molar-refractivity contribution in [3.05, 3.63) is 40.1 Å². The lowest BCUT2D eigenvalue weighted by Gasteiger charge is -2.36. The molecule has 1 aromatic heterocycles. The average molecular weight is 389 g/mol. The molecule has 0 saturated carbocycles. The molecule has 0 radical (unpaired) electrons. The van der Waals surface area contributed by atoms with Crippen LogP contribution in [0.2, 0.25) is 0 Å². The van der Waals surface area contributed by atoms with Crippen LogP contribution in [0.1, 0.15) is 28.6 Å². The summed E-state index contributed by atoms with van der Waals surface area (Å²) in [6, 6.07) is 7.51. The number of hydrogen-bond acceptors (Lipinski definition) is 7. The van der Waals surface area contributed by atoms with Gasteiger partial charge >= 0.3 is 0 Å². The van der Waals surface area contributed by atoms with Gasteiger partial charge in [-0.15, -0.1) is 11.3 Å². The second-order valence-electron chi connectivity index (χ2n) is 6.90. The Morgan fingerprint density at radius 1 is 1.37 bits per heavy atom. The van der Waals surface area contributed by atoms with Crippen molar-refractivity contribution in [2.24, 2.45) is 0 Å². The molecule has 144 valence electrons. The van der Waals surface area contributed by atoms with Crippen LogP contribution >= 0.6 is 11.3 Å². The molecule has 0 unspecified atom stereocenters. The molecule has 0 aliphatic carbocycles. The number of nitrogens with zero attached hydrogens (tertiary/aromatic N) is 1. The number of Topliss-reactive ketones (excluding diaryl/α,β-unsaturated/α-hetero) is 1. The van der Waals surface area contributed by atoms with Crippen molar-refractivity contribution < 1.29 is 24.1 Å². The summed E-state index contributed by atoms with van der Waals surface area (Å²) < 4.78 is 17.3. The molecule has 2 aromatic rings. The maximum Gasteiger partial charge on any atom is 0.203 e. The highest BCUT2D eigenvalue weighted by Gasteiger charge is 2.31. The van der Waals surface area contributed by atoms with Crippen LogP contribution in [0.15, 0.2) is 29.6 Å². The van der Waals surface area contributed by atoms with Gasteiger partial charge in [-0.05, 0) is 42.5 Å². The molecule has 2 aliphatic heterocycles. The predicted octanol–water partition coefficient (Wildman–Crippen LogP) is 2.74. The number of piperidine rings is 1. The van der Waals surface area contributed by atoms with Gasteiger partial charge in [0.1, 0.15) is 25.4 Å². The zero-order valence-electron chi connectivity index (χ0n) is 15.2. The summed E-state index contributed by atoms with van der Waals surface area (Å²) in [6.45, 7) is 4.69. The second-order valence-corrected chi connectivity index (χ2v) is 7.81. The number of carbonyl (C=O) groups excluding carboxylic acids is 1. The summed E-state index contributed by atoms with van der Waals surface area (Å²) >= 11 is 1.47. The fourth-order valence-corrected chi connectivity index (χ4v) is 4.27. The summed E-state index contributed by atoms with van der Waals surface area (Å²) in [4.78, 5) is 14.4. The third kappa shape index (κ3) is 4.10. The zero-order valence-corrected chi connectivity index (χ0v) is 16.0. The number of fused-ring (bicyclic) bond motifs is 1. The van der Waals surface area contributed by atoms with Crippen LogP contribution < -0.4 is 14.2 Å². The van der Waals surface area contributed by atoms with Gasteiger partial charge in [0.2, 0.25) is 5.75 Å². The lowest BCUT2D eigenvalue weighted by atomic mass is 10.0. The number of rotatable bonds is 5. The van der Waals surface area contributed by atoms with Crippen molar-refractivity contribution in [1.29, 1.82) is 0 Å². The molecule has 3 heterocycles. The summed E-state index contributed by atoms with van der Waals surface area (Å²) in [7, 11) is 0. The second kappa shape index (κ2) is 7.88. The number of ether oxygens (including phenoxy) is 3. The molecule has 0 amide bonds. The summed E-state index contributed by atoms with van der Waals surface area (Å²) in [6.07, 6.45) is -0.159. The Balaban J connectivity index is 1.37. The van der Waals surface area contributed by atoms with Crippen molar-refractivity contribution in [1.82, 2.24) is 4.90 Å². The first kappa shape index (κ1) is 18.3. The van der Waals surface area contributed by atoms with E-state index in [1.807, 2.05) is 29.6 Å². The third-order valence-corrected chi connectivity index (χ3v) is 5.90. The van der Waals surface area contributed by atoms with Crippen LogP contribution in [-0.2, 0) is 6.54 Å². The number of likely N-dealkylation sites (tertiary alicyclic amines) is 1. The first-order chi connectivity index (χ1) is 13.1. The highest BCUT2D eigenvalue weighted by atomic mass is 32.1. The van der Waals surface area contributed by atoms with Crippen LogP contribution in [0, 0.1) is 0 Å². The number of benzene rings is 1. The average Bonchev–Trinajstić information content (AvgIpc) is 3.13. The number of β-amino-alcohol motifs (C(OH)–C–C–N with tert-alkyl or cyclic N) is 1. The Morgan fingerprint density at radius 3 is 3.00 bits per heavy atom. The minimum absolute atomic E-state index is 0.0933. The minimum Gasteiger partial charge on any atom is -0.486 e. The molecule has 7 heteroatoms. The molecule has 27 heavy (non-hydrogen) atoms. The number of aliphatic hydroxyl groups excluding tert-OH is 1. The maximum atomic E-state index is 11.4. The van der Waals surface area contributed by atoms with Gasteiger partial charge in [0.05, 0.1) is 4.88 Å². The molecule has 0 spiro atoms. The van der Waals surface area contributed by atoms with E-state index in [0.717, 1.165) is 30.0 Å². The smallest absolute Gasteiger partial charge is 0.203 e. The van der Waals surface area contributed by atoms with E-state index in [4.69, 9.17) is 14.2 Å². The van der Waals surface area contributed by atoms with Crippen LogP contribution in [0.25, 0.3) is 0 Å². The number of para-hydroxylation sites is 1. The van der Waals surface area contributed by atoms with Gasteiger partial charge in [-0.1, -0.05) is 6.07 Å². The van der Waals surface area contributed by atoms with Gasteiger partial charge in [-0.25, -0.2) is 0 Å². The lowest BCUT2D eigenvalue weighted by Crippen LogP contribution is -2.48. The van der Waals surface area contributed by atoms with Crippen molar-refractivity contribution >= 4 is 17.1 Å². The van der Waals surface area contributed by atoms with E-state index in [2.05, 4.69) is 4.90 Å². The van der Waals surface area contributed by atoms with E-state index in [0.29, 0.717) is 37.0 Å². The van der Waals surface area contributed by atoms with E-state index in [1.165, 1.54) is 11.3 Å². The standard InChI is InChI=1S/C20H23NO5S/c1-13(22)19-9-14(12-27-19)10-21-6-5-16(15(23)11-21)26-18-4-2-3-17-20(18)25-8-7-24-17/h2-4,9,12,15-16,23H,5-8,10-11H2,1H3/t15-,16-/m1/s1. The molecule has 1 N–H and O–H groups in total. The fourth-order valence-electron chi connectivity index (χ4n) is 3.46. The molecule has 1 saturated heterocycles. The molecular weight excluding hydrogens is 366 g/mol. The summed E-state index contributed by atoms with van der Waals surface area (Å²) in [5.41, 5.74) is 1.11. The third-order valence-electron chi connectivity index (χ3n) is 4.82. The number of hydrogen-bond donors (Lipinski definition) is 1. The Labute approximate surface area is 162 Å². The first-order valence-corrected chi connectivity index (χ1v) is 10.0. The summed E-state index contributed by atoms with van der Waals surface area (Å²) in [5.74, 6) is 2.02. The highest BCUT2D eigenvalue weighted by Crippen LogP contribution is 2.40. The molecular formula is C20H23NO5S. The van der Waals surface area contributed by atoms with Gasteiger partial charge < -0.3 is 19.3 Å². The van der Waals surface area contributed by atoms with Gasteiger partial charge in [0, 0.05) is 19.6 Å². The van der Waals surface area contributed by atoms with Crippen LogP contribution in [0.3, 0.4) is 0 Å². The molecule has 6 nitrogen and oxygen atoms in total. The predicted molar refractivity (Wildman–Crippen MR) is 102 cm³/mol. The minimum atomic E-state index is -0.593. The topological polar surface area (TPSA) is 68.2 Å². The number of carbonyl (C=O) groups is 1. The van der Waals surface area contributed by atoms with Crippen LogP contribution in [-0.4, -0.2) is 54.3 Å². The van der Waals surface area contributed by atoms with E-state index in [1.54, 1.807) is 6.92 Å². The number of ketones is 1. The Morgan fingerprint density at radius 2 is 2.22 bits per heavy atom. The van der Waals surface area contributed by atoms with E-state index in [9.17, 15) is 9.90 Å². The molecule has 4 rings (SSSR count). The van der Waals surface area contributed by atoms with Gasteiger partial charge in [-0.2, -0.15) is 0 Å². The molecule has 1 fully saturated rings.